The summed E-state index contributed by atoms with van der Waals surface area (Å²) >= 11 is 1.19. The van der Waals surface area contributed by atoms with Crippen LogP contribution in [0.15, 0.2) is 88.3 Å². The highest BCUT2D eigenvalue weighted by Crippen LogP contribution is 2.36. The van der Waals surface area contributed by atoms with E-state index in [-0.39, 0.29) is 18.1 Å². The van der Waals surface area contributed by atoms with Crippen molar-refractivity contribution in [3.63, 3.8) is 0 Å². The number of thiazole rings is 1. The molecule has 0 bridgehead atoms. The lowest BCUT2D eigenvalue weighted by molar-refractivity contribution is -0.138. The maximum Gasteiger partial charge on any atom is 0.338 e. The summed E-state index contributed by atoms with van der Waals surface area (Å²) in [5.74, 6) is -0.718. The van der Waals surface area contributed by atoms with Crippen molar-refractivity contribution in [3.05, 3.63) is 109 Å². The van der Waals surface area contributed by atoms with Crippen molar-refractivity contribution in [3.8, 4) is 0 Å². The fourth-order valence-corrected chi connectivity index (χ4v) is 6.53. The Morgan fingerprint density at radius 1 is 1.05 bits per heavy atom. The van der Waals surface area contributed by atoms with E-state index in [2.05, 4.69) is 18.5 Å². The van der Waals surface area contributed by atoms with Gasteiger partial charge in [0.15, 0.2) is 4.80 Å². The van der Waals surface area contributed by atoms with E-state index in [0.29, 0.717) is 32.7 Å². The second-order valence-corrected chi connectivity index (χ2v) is 10.9. The number of allylic oxidation sites excluding steroid dienone is 1. The van der Waals surface area contributed by atoms with Gasteiger partial charge in [-0.25, -0.2) is 9.79 Å². The van der Waals surface area contributed by atoms with Crippen LogP contribution in [0.25, 0.3) is 5.57 Å². The van der Waals surface area contributed by atoms with Crippen LogP contribution in [0.3, 0.4) is 0 Å². The zero-order chi connectivity index (χ0) is 28.2. The minimum Gasteiger partial charge on any atom is -0.458 e. The molecule has 3 heterocycles. The van der Waals surface area contributed by atoms with Crippen molar-refractivity contribution < 1.29 is 14.3 Å². The maximum absolute atomic E-state index is 14.2. The molecular weight excluding hydrogens is 522 g/mol. The van der Waals surface area contributed by atoms with Gasteiger partial charge in [0.05, 0.1) is 28.6 Å². The molecule has 0 aliphatic carbocycles. The van der Waals surface area contributed by atoms with Crippen LogP contribution in [0.5, 0.6) is 0 Å². The van der Waals surface area contributed by atoms with Gasteiger partial charge in [0, 0.05) is 12.1 Å². The van der Waals surface area contributed by atoms with Crippen molar-refractivity contribution in [2.24, 2.45) is 4.99 Å². The lowest BCUT2D eigenvalue weighted by Crippen LogP contribution is -2.41. The van der Waals surface area contributed by atoms with Crippen molar-refractivity contribution >= 4 is 34.5 Å². The molecule has 2 aliphatic rings. The molecule has 8 heteroatoms. The Kier molecular flexibility index (Phi) is 8.26. The summed E-state index contributed by atoms with van der Waals surface area (Å²) in [4.78, 5) is 48.2. The summed E-state index contributed by atoms with van der Waals surface area (Å²) in [6.07, 6.45) is 6.94. The highest BCUT2D eigenvalue weighted by molar-refractivity contribution is 7.07. The number of fused-ring (bicyclic) bond motifs is 2. The number of esters is 1. The van der Waals surface area contributed by atoms with Gasteiger partial charge in [0.1, 0.15) is 11.1 Å². The molecule has 0 fully saturated rings. The molecule has 7 nitrogen and oxygen atoms in total. The molecule has 0 N–H and O–H groups in total. The third kappa shape index (κ3) is 4.99. The second-order valence-electron chi connectivity index (χ2n) is 9.96. The molecule has 1 amide bonds. The Balaban J connectivity index is 1.65. The minimum absolute atomic E-state index is 0.0469. The summed E-state index contributed by atoms with van der Waals surface area (Å²) < 4.78 is 7.26. The Morgan fingerprint density at radius 2 is 1.77 bits per heavy atom. The number of benzene rings is 2. The Labute approximate surface area is 237 Å². The van der Waals surface area contributed by atoms with Crippen LogP contribution in [0, 0.1) is 0 Å². The molecule has 1 atom stereocenters. The molecule has 2 aliphatic heterocycles. The van der Waals surface area contributed by atoms with Crippen LogP contribution in [0.2, 0.25) is 0 Å². The average Bonchev–Trinajstić information content (AvgIpc) is 3.43. The van der Waals surface area contributed by atoms with E-state index >= 15 is 0 Å². The van der Waals surface area contributed by atoms with Crippen LogP contribution in [-0.4, -0.2) is 29.6 Å². The summed E-state index contributed by atoms with van der Waals surface area (Å²) in [5.41, 5.74) is 3.17. The van der Waals surface area contributed by atoms with E-state index in [1.165, 1.54) is 28.4 Å². The number of rotatable bonds is 10. The van der Waals surface area contributed by atoms with E-state index in [1.54, 1.807) is 11.8 Å². The Bertz CT molecular complexity index is 1670. The number of carbonyl (C=O) groups is 2. The lowest BCUT2D eigenvalue weighted by Gasteiger charge is -2.24. The third-order valence-corrected chi connectivity index (χ3v) is 8.35. The summed E-state index contributed by atoms with van der Waals surface area (Å²) in [7, 11) is 0. The largest absolute Gasteiger partial charge is 0.458 e. The summed E-state index contributed by atoms with van der Waals surface area (Å²) in [6.45, 7) is 8.20. The number of unbranched alkanes of at least 4 members (excludes halogenated alkanes) is 4. The van der Waals surface area contributed by atoms with Crippen LogP contribution >= 0.6 is 11.3 Å². The first kappa shape index (κ1) is 27.5. The molecule has 5 rings (SSSR count). The van der Waals surface area contributed by atoms with Gasteiger partial charge in [-0.05, 0) is 25.0 Å². The first-order valence-corrected chi connectivity index (χ1v) is 14.6. The maximum atomic E-state index is 14.2. The smallest absolute Gasteiger partial charge is 0.338 e. The third-order valence-electron chi connectivity index (χ3n) is 7.30. The second kappa shape index (κ2) is 12.0. The fraction of sp³-hybridized carbons (Fsp3) is 0.312. The molecule has 0 saturated heterocycles. The number of carbonyl (C=O) groups excluding carboxylic acids is 2. The first-order valence-electron chi connectivity index (χ1n) is 13.8. The number of nitrogens with zero attached hydrogens (tertiary/aromatic N) is 3. The molecule has 0 saturated carbocycles. The van der Waals surface area contributed by atoms with Gasteiger partial charge in [0.25, 0.3) is 11.5 Å². The quantitative estimate of drug-likeness (QED) is 0.207. The number of hydrogen-bond acceptors (Lipinski definition) is 6. The predicted octanol–water partition coefficient (Wildman–Crippen LogP) is 4.65. The van der Waals surface area contributed by atoms with E-state index < -0.39 is 12.0 Å². The fourth-order valence-electron chi connectivity index (χ4n) is 5.39. The molecule has 0 spiro atoms. The zero-order valence-corrected chi connectivity index (χ0v) is 23.7. The number of amides is 1. The zero-order valence-electron chi connectivity index (χ0n) is 22.9. The van der Waals surface area contributed by atoms with E-state index in [4.69, 9.17) is 4.74 Å². The van der Waals surface area contributed by atoms with Crippen LogP contribution in [0.1, 0.15) is 63.1 Å². The Hall–Kier alpha value is -4.04. The highest BCUT2D eigenvalue weighted by Gasteiger charge is 2.37. The monoisotopic (exact) mass is 555 g/mol. The molecule has 2 aromatic carbocycles. The van der Waals surface area contributed by atoms with Gasteiger partial charge in [-0.15, -0.1) is 0 Å². The number of para-hydroxylation sites is 1. The number of ether oxygens (including phenoxy) is 1. The Morgan fingerprint density at radius 3 is 2.52 bits per heavy atom. The van der Waals surface area contributed by atoms with E-state index in [0.717, 1.165) is 42.5 Å². The van der Waals surface area contributed by atoms with Gasteiger partial charge in [-0.3, -0.25) is 14.2 Å². The number of aromatic nitrogens is 1. The van der Waals surface area contributed by atoms with Crippen molar-refractivity contribution in [2.45, 2.75) is 52.0 Å². The normalized spacial score (nSPS) is 17.4. The molecule has 3 aromatic rings. The van der Waals surface area contributed by atoms with Crippen LogP contribution in [0.4, 0.5) is 5.69 Å². The van der Waals surface area contributed by atoms with Crippen LogP contribution in [-0.2, 0) is 14.3 Å². The van der Waals surface area contributed by atoms with Gasteiger partial charge in [-0.2, -0.15) is 0 Å². The molecular formula is C32H33N3O4S. The van der Waals surface area contributed by atoms with Gasteiger partial charge < -0.3 is 9.64 Å². The van der Waals surface area contributed by atoms with Gasteiger partial charge in [-0.1, -0.05) is 105 Å². The van der Waals surface area contributed by atoms with Gasteiger partial charge in [0.2, 0.25) is 0 Å². The summed E-state index contributed by atoms with van der Waals surface area (Å²) in [5, 5.41) is 0. The van der Waals surface area contributed by atoms with Crippen molar-refractivity contribution in [1.29, 1.82) is 0 Å². The molecule has 40 heavy (non-hydrogen) atoms. The van der Waals surface area contributed by atoms with E-state index in [1.807, 2.05) is 54.6 Å². The topological polar surface area (TPSA) is 81.0 Å². The minimum atomic E-state index is -0.731. The van der Waals surface area contributed by atoms with Crippen molar-refractivity contribution in [2.75, 3.05) is 18.1 Å². The summed E-state index contributed by atoms with van der Waals surface area (Å²) in [6, 6.07) is 16.3. The SMILES string of the molecule is C=CCOC(=O)C1=C(C)N=c2s/c(=C3\C(=O)N(CCCCCCC)c4ccccc43)c(=O)n2[C@H]1c1ccccc1. The van der Waals surface area contributed by atoms with Gasteiger partial charge >= 0.3 is 5.97 Å². The predicted molar refractivity (Wildman–Crippen MR) is 158 cm³/mol. The average molecular weight is 556 g/mol. The number of hydrogen-bond donors (Lipinski definition) is 0. The molecule has 206 valence electrons. The van der Waals surface area contributed by atoms with Crippen LogP contribution < -0.4 is 19.8 Å². The lowest BCUT2D eigenvalue weighted by atomic mass is 9.96. The van der Waals surface area contributed by atoms with E-state index in [9.17, 15) is 14.4 Å². The highest BCUT2D eigenvalue weighted by atomic mass is 32.1. The first-order chi connectivity index (χ1) is 19.5. The molecule has 0 radical (unpaired) electrons. The molecule has 0 unspecified atom stereocenters. The standard InChI is InChI=1S/C32H33N3O4S/c1-4-6-7-8-14-19-34-24-18-13-12-17-23(24)26(29(34)36)28-30(37)35-27(22-15-10-9-11-16-22)25(31(38)39-20-5-2)21(3)33-32(35)40-28/h5,9-13,15-18,27H,2,4,6-8,14,19-20H2,1,3H3/b28-26-/t27-/m0/s1. The number of anilines is 1. The molecule has 1 aromatic heterocycles. The van der Waals surface area contributed by atoms with Crippen molar-refractivity contribution in [1.82, 2.24) is 4.57 Å².